The van der Waals surface area contributed by atoms with Crippen molar-refractivity contribution >= 4 is 34.7 Å². The quantitative estimate of drug-likeness (QED) is 0.398. The van der Waals surface area contributed by atoms with Gasteiger partial charge in [0.05, 0.1) is 10.6 Å². The number of amides is 1. The second kappa shape index (κ2) is 9.97. The molecule has 3 aliphatic rings. The van der Waals surface area contributed by atoms with Gasteiger partial charge in [-0.25, -0.2) is 0 Å². The summed E-state index contributed by atoms with van der Waals surface area (Å²) in [6.45, 7) is 5.63. The lowest BCUT2D eigenvalue weighted by Crippen LogP contribution is -2.49. The molecule has 1 aliphatic heterocycles. The molecule has 6 nitrogen and oxygen atoms in total. The van der Waals surface area contributed by atoms with Crippen molar-refractivity contribution < 1.29 is 4.79 Å². The van der Waals surface area contributed by atoms with Gasteiger partial charge in [-0.1, -0.05) is 42.4 Å². The molecule has 4 atom stereocenters. The summed E-state index contributed by atoms with van der Waals surface area (Å²) in [7, 11) is 0. The first-order chi connectivity index (χ1) is 17.2. The van der Waals surface area contributed by atoms with E-state index in [0.717, 1.165) is 53.9 Å². The minimum atomic E-state index is 0.197. The predicted molar refractivity (Wildman–Crippen MR) is 143 cm³/mol. The third kappa shape index (κ3) is 4.62. The number of hydrogen-bond acceptors (Lipinski definition) is 6. The van der Waals surface area contributed by atoms with Gasteiger partial charge in [0.15, 0.2) is 11.0 Å². The number of hydrogen-bond donors (Lipinski definition) is 0. The van der Waals surface area contributed by atoms with Crippen LogP contribution in [0.3, 0.4) is 0 Å². The Labute approximate surface area is 215 Å². The van der Waals surface area contributed by atoms with E-state index in [2.05, 4.69) is 68.4 Å². The van der Waals surface area contributed by atoms with Crippen molar-refractivity contribution in [3.8, 4) is 10.7 Å². The topological polar surface area (TPSA) is 54.3 Å². The Morgan fingerprint density at radius 3 is 2.57 bits per heavy atom. The molecule has 2 bridgehead atoms. The molecule has 0 N–H and O–H groups in total. The molecule has 35 heavy (non-hydrogen) atoms. The van der Waals surface area contributed by atoms with Crippen molar-refractivity contribution in [2.75, 3.05) is 36.8 Å². The van der Waals surface area contributed by atoms with Crippen molar-refractivity contribution in [1.82, 2.24) is 19.7 Å². The van der Waals surface area contributed by atoms with E-state index >= 15 is 0 Å². The van der Waals surface area contributed by atoms with Crippen LogP contribution in [0.2, 0.25) is 0 Å². The summed E-state index contributed by atoms with van der Waals surface area (Å²) in [6, 6.07) is 15.0. The molecule has 2 aromatic heterocycles. The lowest BCUT2D eigenvalue weighted by molar-refractivity contribution is -0.128. The molecular formula is C27H33N5OS2. The fourth-order valence-electron chi connectivity index (χ4n) is 6.46. The number of rotatable bonds is 7. The molecule has 0 spiro atoms. The third-order valence-electron chi connectivity index (χ3n) is 8.30. The standard InChI is InChI=1S/C27H33N5OS2/c1-19(23-17-20-9-10-21(23)16-20)32-26(24-8-5-15-34-24)28-29-27(32)35-18-25(33)31-13-11-30(12-14-31)22-6-3-2-4-7-22/h2-8,15,19-21,23H,9-14,16-18H2,1H3/t19-,20+,21+,23+/m1/s1. The van der Waals surface area contributed by atoms with Crippen LogP contribution in [0.4, 0.5) is 5.69 Å². The van der Waals surface area contributed by atoms with E-state index in [9.17, 15) is 4.79 Å². The van der Waals surface area contributed by atoms with Crippen LogP contribution < -0.4 is 4.90 Å². The van der Waals surface area contributed by atoms with Crippen LogP contribution >= 0.6 is 23.1 Å². The second-order valence-electron chi connectivity index (χ2n) is 10.2. The summed E-state index contributed by atoms with van der Waals surface area (Å²) in [5.74, 6) is 3.99. The molecule has 0 unspecified atom stereocenters. The molecule has 3 aromatic rings. The number of anilines is 1. The molecule has 2 aliphatic carbocycles. The monoisotopic (exact) mass is 507 g/mol. The number of thiophene rings is 1. The number of para-hydroxylation sites is 1. The first-order valence-electron chi connectivity index (χ1n) is 12.9. The summed E-state index contributed by atoms with van der Waals surface area (Å²) in [4.78, 5) is 18.6. The van der Waals surface area contributed by atoms with Gasteiger partial charge in [0.1, 0.15) is 0 Å². The third-order valence-corrected chi connectivity index (χ3v) is 10.1. The van der Waals surface area contributed by atoms with Crippen molar-refractivity contribution in [3.63, 3.8) is 0 Å². The molecule has 1 saturated heterocycles. The minimum Gasteiger partial charge on any atom is -0.368 e. The van der Waals surface area contributed by atoms with Crippen molar-refractivity contribution in [2.24, 2.45) is 17.8 Å². The number of nitrogens with zero attached hydrogens (tertiary/aromatic N) is 5. The summed E-state index contributed by atoms with van der Waals surface area (Å²) >= 11 is 3.27. The molecule has 2 saturated carbocycles. The van der Waals surface area contributed by atoms with Crippen LogP contribution in [0, 0.1) is 17.8 Å². The first-order valence-corrected chi connectivity index (χ1v) is 14.7. The summed E-state index contributed by atoms with van der Waals surface area (Å²) in [5.41, 5.74) is 1.23. The van der Waals surface area contributed by atoms with E-state index in [1.807, 2.05) is 11.0 Å². The Bertz CT molecular complexity index is 1140. The summed E-state index contributed by atoms with van der Waals surface area (Å²) < 4.78 is 2.35. The zero-order valence-electron chi connectivity index (χ0n) is 20.3. The van der Waals surface area contributed by atoms with Gasteiger partial charge < -0.3 is 9.80 Å². The SMILES string of the molecule is C[C@H]([C@@H]1C[C@H]2CC[C@H]1C2)n1c(SCC(=O)N2CCN(c3ccccc3)CC2)nnc1-c1cccs1. The van der Waals surface area contributed by atoms with E-state index in [0.29, 0.717) is 17.7 Å². The average molecular weight is 508 g/mol. The van der Waals surface area contributed by atoms with E-state index in [1.54, 1.807) is 23.1 Å². The average Bonchev–Trinajstić information content (AvgIpc) is 3.72. The van der Waals surface area contributed by atoms with Crippen molar-refractivity contribution in [2.45, 2.75) is 43.8 Å². The zero-order chi connectivity index (χ0) is 23.8. The van der Waals surface area contributed by atoms with Crippen LogP contribution in [0.25, 0.3) is 10.7 Å². The van der Waals surface area contributed by atoms with Gasteiger partial charge in [-0.2, -0.15) is 0 Å². The van der Waals surface area contributed by atoms with Crippen LogP contribution in [0.15, 0.2) is 53.0 Å². The Morgan fingerprint density at radius 2 is 1.89 bits per heavy atom. The fraction of sp³-hybridized carbons (Fsp3) is 0.519. The molecule has 184 valence electrons. The number of piperazine rings is 1. The smallest absolute Gasteiger partial charge is 0.233 e. The van der Waals surface area contributed by atoms with Gasteiger partial charge in [-0.05, 0) is 67.5 Å². The number of thioether (sulfide) groups is 1. The number of fused-ring (bicyclic) bond motifs is 2. The Hall–Kier alpha value is -2.32. The number of aromatic nitrogens is 3. The van der Waals surface area contributed by atoms with Crippen LogP contribution in [-0.2, 0) is 4.79 Å². The van der Waals surface area contributed by atoms with Gasteiger partial charge >= 0.3 is 0 Å². The lowest BCUT2D eigenvalue weighted by atomic mass is 9.84. The normalized spacial score (nSPS) is 24.8. The van der Waals surface area contributed by atoms with Crippen molar-refractivity contribution in [1.29, 1.82) is 0 Å². The number of benzene rings is 1. The van der Waals surface area contributed by atoms with Gasteiger partial charge in [-0.15, -0.1) is 21.5 Å². The van der Waals surface area contributed by atoms with E-state index in [1.165, 1.54) is 31.4 Å². The Morgan fingerprint density at radius 1 is 1.06 bits per heavy atom. The highest BCUT2D eigenvalue weighted by molar-refractivity contribution is 7.99. The highest BCUT2D eigenvalue weighted by Gasteiger charge is 2.43. The molecule has 8 heteroatoms. The maximum absolute atomic E-state index is 13.1. The number of carbonyl (C=O) groups is 1. The van der Waals surface area contributed by atoms with Crippen LogP contribution in [-0.4, -0.2) is 57.5 Å². The van der Waals surface area contributed by atoms with E-state index < -0.39 is 0 Å². The van der Waals surface area contributed by atoms with Crippen LogP contribution in [0.1, 0.15) is 38.6 Å². The number of carbonyl (C=O) groups excluding carboxylic acids is 1. The predicted octanol–water partition coefficient (Wildman–Crippen LogP) is 5.44. The van der Waals surface area contributed by atoms with Gasteiger partial charge in [-0.3, -0.25) is 9.36 Å². The Balaban J connectivity index is 1.14. The van der Waals surface area contributed by atoms with E-state index in [4.69, 9.17) is 0 Å². The van der Waals surface area contributed by atoms with Crippen LogP contribution in [0.5, 0.6) is 0 Å². The molecule has 6 rings (SSSR count). The lowest BCUT2D eigenvalue weighted by Gasteiger charge is -2.36. The molecular weight excluding hydrogens is 474 g/mol. The fourth-order valence-corrected chi connectivity index (χ4v) is 8.09. The second-order valence-corrected chi connectivity index (χ2v) is 12.1. The van der Waals surface area contributed by atoms with Gasteiger partial charge in [0, 0.05) is 37.9 Å². The maximum Gasteiger partial charge on any atom is 0.233 e. The van der Waals surface area contributed by atoms with E-state index in [-0.39, 0.29) is 5.91 Å². The first kappa shape index (κ1) is 23.1. The van der Waals surface area contributed by atoms with Gasteiger partial charge in [0.25, 0.3) is 0 Å². The van der Waals surface area contributed by atoms with Crippen molar-refractivity contribution in [3.05, 3.63) is 47.8 Å². The van der Waals surface area contributed by atoms with Gasteiger partial charge in [0.2, 0.25) is 5.91 Å². The maximum atomic E-state index is 13.1. The summed E-state index contributed by atoms with van der Waals surface area (Å²) in [5, 5.41) is 12.2. The highest BCUT2D eigenvalue weighted by Crippen LogP contribution is 2.53. The minimum absolute atomic E-state index is 0.197. The molecule has 1 amide bonds. The molecule has 0 radical (unpaired) electrons. The Kier molecular flexibility index (Phi) is 6.58. The molecule has 3 heterocycles. The highest BCUT2D eigenvalue weighted by atomic mass is 32.2. The largest absolute Gasteiger partial charge is 0.368 e. The molecule has 1 aromatic carbocycles. The summed E-state index contributed by atoms with van der Waals surface area (Å²) in [6.07, 6.45) is 5.48. The zero-order valence-corrected chi connectivity index (χ0v) is 21.9. The molecule has 3 fully saturated rings.